The summed E-state index contributed by atoms with van der Waals surface area (Å²) >= 11 is 3.16. The zero-order valence-corrected chi connectivity index (χ0v) is 11.9. The molecule has 0 spiro atoms. The predicted molar refractivity (Wildman–Crippen MR) is 73.5 cm³/mol. The van der Waals surface area contributed by atoms with E-state index < -0.39 is 0 Å². The molecule has 0 aliphatic carbocycles. The Hall–Kier alpha value is -1.20. The van der Waals surface area contributed by atoms with Gasteiger partial charge in [0.25, 0.3) is 0 Å². The molecule has 3 nitrogen and oxygen atoms in total. The highest BCUT2D eigenvalue weighted by molar-refractivity contribution is 9.10. The van der Waals surface area contributed by atoms with Gasteiger partial charge < -0.3 is 9.30 Å². The molecule has 5 heteroatoms. The van der Waals surface area contributed by atoms with Crippen molar-refractivity contribution in [2.24, 2.45) is 0 Å². The summed E-state index contributed by atoms with van der Waals surface area (Å²) in [6, 6.07) is 5.18. The molecule has 1 aromatic heterocycles. The lowest BCUT2D eigenvalue weighted by atomic mass is 10.1. The monoisotopic (exact) mass is 324 g/mol. The van der Waals surface area contributed by atoms with Gasteiger partial charge in [-0.2, -0.15) is 0 Å². The van der Waals surface area contributed by atoms with Gasteiger partial charge in [-0.1, -0.05) is 6.07 Å². The molecule has 0 N–H and O–H groups in total. The van der Waals surface area contributed by atoms with Crippen molar-refractivity contribution in [2.45, 2.75) is 25.5 Å². The third-order valence-electron chi connectivity index (χ3n) is 3.34. The number of aromatic nitrogens is 2. The lowest BCUT2D eigenvalue weighted by Crippen LogP contribution is -2.31. The zero-order chi connectivity index (χ0) is 13.2. The van der Waals surface area contributed by atoms with E-state index >= 15 is 0 Å². The van der Waals surface area contributed by atoms with Crippen molar-refractivity contribution >= 4 is 15.9 Å². The molecule has 19 heavy (non-hydrogen) atoms. The quantitative estimate of drug-likeness (QED) is 0.863. The normalized spacial score (nSPS) is 18.3. The number of ether oxygens (including phenoxy) is 1. The molecule has 1 aliphatic heterocycles. The Morgan fingerprint density at radius 3 is 3.00 bits per heavy atom. The van der Waals surface area contributed by atoms with E-state index in [1.165, 1.54) is 0 Å². The van der Waals surface area contributed by atoms with Gasteiger partial charge in [0.1, 0.15) is 11.6 Å². The molecule has 100 valence electrons. The third-order valence-corrected chi connectivity index (χ3v) is 3.98. The molecule has 1 fully saturated rings. The van der Waals surface area contributed by atoms with E-state index in [-0.39, 0.29) is 5.82 Å². The van der Waals surface area contributed by atoms with Gasteiger partial charge in [0.2, 0.25) is 0 Å². The fraction of sp³-hybridized carbons (Fsp3) is 0.357. The molecule has 0 amide bonds. The molecule has 1 aliphatic rings. The molecule has 0 unspecified atom stereocenters. The molecule has 2 heterocycles. The SMILES string of the molecule is Fc1cc(Cc2nccn2C[C@@H]2CCO2)ccc1Br. The first-order valence-corrected chi connectivity index (χ1v) is 7.07. The smallest absolute Gasteiger partial charge is 0.137 e. The minimum absolute atomic E-state index is 0.238. The minimum atomic E-state index is -0.238. The fourth-order valence-electron chi connectivity index (χ4n) is 2.15. The number of rotatable bonds is 4. The van der Waals surface area contributed by atoms with Gasteiger partial charge >= 0.3 is 0 Å². The first-order chi connectivity index (χ1) is 9.22. The van der Waals surface area contributed by atoms with Crippen LogP contribution in [-0.2, 0) is 17.7 Å². The van der Waals surface area contributed by atoms with Crippen molar-refractivity contribution in [2.75, 3.05) is 6.61 Å². The van der Waals surface area contributed by atoms with Gasteiger partial charge in [-0.15, -0.1) is 0 Å². The van der Waals surface area contributed by atoms with Crippen molar-refractivity contribution in [3.63, 3.8) is 0 Å². The molecule has 1 aromatic carbocycles. The van der Waals surface area contributed by atoms with Crippen LogP contribution in [0.5, 0.6) is 0 Å². The van der Waals surface area contributed by atoms with E-state index in [0.717, 1.165) is 31.0 Å². The average Bonchev–Trinajstić information content (AvgIpc) is 2.76. The molecular formula is C14H14BrFN2O. The van der Waals surface area contributed by atoms with Gasteiger partial charge in [0.05, 0.1) is 17.1 Å². The lowest BCUT2D eigenvalue weighted by Gasteiger charge is -2.27. The number of imidazole rings is 1. The number of nitrogens with zero attached hydrogens (tertiary/aromatic N) is 2. The first-order valence-electron chi connectivity index (χ1n) is 6.28. The van der Waals surface area contributed by atoms with Gasteiger partial charge in [0, 0.05) is 25.4 Å². The molecule has 1 atom stereocenters. The van der Waals surface area contributed by atoms with Crippen molar-refractivity contribution in [1.29, 1.82) is 0 Å². The summed E-state index contributed by atoms with van der Waals surface area (Å²) in [5.74, 6) is 0.704. The Balaban J connectivity index is 1.75. The molecule has 1 saturated heterocycles. The number of hydrogen-bond donors (Lipinski definition) is 0. The summed E-state index contributed by atoms with van der Waals surface area (Å²) < 4.78 is 21.5. The third kappa shape index (κ3) is 2.87. The highest BCUT2D eigenvalue weighted by atomic mass is 79.9. The van der Waals surface area contributed by atoms with Crippen molar-refractivity contribution in [3.8, 4) is 0 Å². The summed E-state index contributed by atoms with van der Waals surface area (Å²) in [5, 5.41) is 0. The van der Waals surface area contributed by atoms with Crippen LogP contribution in [0.2, 0.25) is 0 Å². The first kappa shape index (κ1) is 12.8. The van der Waals surface area contributed by atoms with Crippen LogP contribution < -0.4 is 0 Å². The molecule has 2 aromatic rings. The van der Waals surface area contributed by atoms with Crippen molar-refractivity contribution < 1.29 is 9.13 Å². The average molecular weight is 325 g/mol. The Bertz CT molecular complexity index is 581. The molecule has 0 bridgehead atoms. The van der Waals surface area contributed by atoms with Crippen LogP contribution in [0.3, 0.4) is 0 Å². The Labute approximate surface area is 119 Å². The van der Waals surface area contributed by atoms with Crippen LogP contribution >= 0.6 is 15.9 Å². The second-order valence-electron chi connectivity index (χ2n) is 4.70. The number of halogens is 2. The highest BCUT2D eigenvalue weighted by Gasteiger charge is 2.19. The summed E-state index contributed by atoms with van der Waals surface area (Å²) in [6.07, 6.45) is 5.76. The maximum atomic E-state index is 13.5. The topological polar surface area (TPSA) is 27.1 Å². The van der Waals surface area contributed by atoms with Crippen LogP contribution in [0.4, 0.5) is 4.39 Å². The number of hydrogen-bond acceptors (Lipinski definition) is 2. The second kappa shape index (κ2) is 5.43. The zero-order valence-electron chi connectivity index (χ0n) is 10.4. The van der Waals surface area contributed by atoms with Gasteiger partial charge in [0.15, 0.2) is 0 Å². The van der Waals surface area contributed by atoms with E-state index in [4.69, 9.17) is 4.74 Å². The van der Waals surface area contributed by atoms with E-state index in [1.807, 2.05) is 12.3 Å². The summed E-state index contributed by atoms with van der Waals surface area (Å²) in [5.41, 5.74) is 0.919. The number of benzene rings is 1. The second-order valence-corrected chi connectivity index (χ2v) is 5.56. The largest absolute Gasteiger partial charge is 0.376 e. The van der Waals surface area contributed by atoms with Crippen LogP contribution in [-0.4, -0.2) is 22.3 Å². The molecule has 0 saturated carbocycles. The van der Waals surface area contributed by atoms with Crippen molar-refractivity contribution in [1.82, 2.24) is 9.55 Å². The van der Waals surface area contributed by atoms with E-state index in [9.17, 15) is 4.39 Å². The summed E-state index contributed by atoms with van der Waals surface area (Å²) in [6.45, 7) is 1.68. The molecular weight excluding hydrogens is 311 g/mol. The van der Waals surface area contributed by atoms with Crippen LogP contribution in [0.15, 0.2) is 35.1 Å². The summed E-state index contributed by atoms with van der Waals surface area (Å²) in [7, 11) is 0. The van der Waals surface area contributed by atoms with Gasteiger partial charge in [-0.3, -0.25) is 0 Å². The Kier molecular flexibility index (Phi) is 3.66. The maximum Gasteiger partial charge on any atom is 0.137 e. The van der Waals surface area contributed by atoms with Crippen LogP contribution in [0.1, 0.15) is 17.8 Å². The maximum absolute atomic E-state index is 13.5. The van der Waals surface area contributed by atoms with Gasteiger partial charge in [-0.25, -0.2) is 9.37 Å². The summed E-state index contributed by atoms with van der Waals surface area (Å²) in [4.78, 5) is 4.35. The standard InChI is InChI=1S/C14H14BrFN2O/c15-12-2-1-10(7-13(12)16)8-14-17-4-5-18(14)9-11-3-6-19-11/h1-2,4-5,7,11H,3,6,8-9H2/t11-/m0/s1. The Morgan fingerprint density at radius 1 is 1.47 bits per heavy atom. The molecule has 3 rings (SSSR count). The minimum Gasteiger partial charge on any atom is -0.376 e. The van der Waals surface area contributed by atoms with E-state index in [1.54, 1.807) is 18.3 Å². The van der Waals surface area contributed by atoms with E-state index in [2.05, 4.69) is 25.5 Å². The van der Waals surface area contributed by atoms with Crippen LogP contribution in [0.25, 0.3) is 0 Å². The van der Waals surface area contributed by atoms with Gasteiger partial charge in [-0.05, 0) is 40.0 Å². The highest BCUT2D eigenvalue weighted by Crippen LogP contribution is 2.19. The van der Waals surface area contributed by atoms with E-state index in [0.29, 0.717) is 17.0 Å². The van der Waals surface area contributed by atoms with Crippen LogP contribution in [0, 0.1) is 5.82 Å². The fourth-order valence-corrected chi connectivity index (χ4v) is 2.40. The Morgan fingerprint density at radius 2 is 2.32 bits per heavy atom. The lowest BCUT2D eigenvalue weighted by molar-refractivity contribution is -0.0595. The predicted octanol–water partition coefficient (Wildman–Crippen LogP) is 3.16. The molecule has 0 radical (unpaired) electrons. The van der Waals surface area contributed by atoms with Crippen molar-refractivity contribution in [3.05, 3.63) is 52.3 Å².